The normalized spacial score (nSPS) is 18.5. The second-order valence-corrected chi connectivity index (χ2v) is 7.17. The number of nitriles is 1. The van der Waals surface area contributed by atoms with Crippen LogP contribution in [0.15, 0.2) is 36.8 Å². The maximum atomic E-state index is 10.9. The van der Waals surface area contributed by atoms with Gasteiger partial charge in [-0.15, -0.1) is 0 Å². The number of carbonyl (C=O) groups excluding carboxylic acids is 1. The first-order valence-corrected chi connectivity index (χ1v) is 9.90. The van der Waals surface area contributed by atoms with Crippen LogP contribution in [0.2, 0.25) is 0 Å². The number of piperidine rings is 1. The molecule has 1 aliphatic heterocycles. The van der Waals surface area contributed by atoms with Crippen LogP contribution in [-0.4, -0.2) is 57.7 Å². The number of primary amides is 1. The molecule has 0 spiro atoms. The van der Waals surface area contributed by atoms with Gasteiger partial charge in [0.2, 0.25) is 0 Å². The molecule has 1 amide bonds. The van der Waals surface area contributed by atoms with E-state index < -0.39 is 18.3 Å². The Balaban J connectivity index is 1.62. The lowest BCUT2D eigenvalue weighted by atomic mass is 10.0. The number of nitrogens with zero attached hydrogens (tertiary/aromatic N) is 5. The summed E-state index contributed by atoms with van der Waals surface area (Å²) in [5.74, 6) is 1.33. The fourth-order valence-electron chi connectivity index (χ4n) is 3.78. The summed E-state index contributed by atoms with van der Waals surface area (Å²) in [6.45, 7) is 3.24. The predicted octanol–water partition coefficient (Wildman–Crippen LogP) is 1.70. The number of anilines is 1. The van der Waals surface area contributed by atoms with Gasteiger partial charge in [0.1, 0.15) is 29.8 Å². The number of carbonyl (C=O) groups is 1. The van der Waals surface area contributed by atoms with Gasteiger partial charge in [-0.1, -0.05) is 0 Å². The Labute approximate surface area is 178 Å². The molecule has 0 bridgehead atoms. The van der Waals surface area contributed by atoms with Crippen molar-refractivity contribution in [3.05, 3.63) is 42.4 Å². The number of aromatic nitrogens is 3. The molecule has 1 fully saturated rings. The van der Waals surface area contributed by atoms with Gasteiger partial charge in [0.25, 0.3) is 0 Å². The Kier molecular flexibility index (Phi) is 5.60. The summed E-state index contributed by atoms with van der Waals surface area (Å²) in [7, 11) is 0. The highest BCUT2D eigenvalue weighted by atomic mass is 16.6. The summed E-state index contributed by atoms with van der Waals surface area (Å²) in [4.78, 5) is 17.4. The second-order valence-electron chi connectivity index (χ2n) is 7.17. The average Bonchev–Trinajstić information content (AvgIpc) is 3.18. The smallest absolute Gasteiger partial charge is 0.404 e. The Hall–Kier alpha value is -3.84. The lowest BCUT2D eigenvalue weighted by Crippen LogP contribution is -2.49. The Morgan fingerprint density at radius 2 is 2.26 bits per heavy atom. The van der Waals surface area contributed by atoms with Crippen LogP contribution in [0.4, 0.5) is 10.6 Å². The Bertz CT molecular complexity index is 1140. The molecule has 0 saturated carbocycles. The highest BCUT2D eigenvalue weighted by Crippen LogP contribution is 2.31. The summed E-state index contributed by atoms with van der Waals surface area (Å²) in [6, 6.07) is 7.79. The van der Waals surface area contributed by atoms with Gasteiger partial charge < -0.3 is 25.2 Å². The van der Waals surface area contributed by atoms with Gasteiger partial charge in [-0.2, -0.15) is 10.4 Å². The molecule has 0 aliphatic carbocycles. The van der Waals surface area contributed by atoms with E-state index in [-0.39, 0.29) is 6.54 Å². The van der Waals surface area contributed by atoms with Gasteiger partial charge in [-0.05, 0) is 25.1 Å². The number of β-amino-alcohol motifs (C(OH)–C–C–N with tert-alkyl or cyclic N) is 1. The minimum atomic E-state index is -0.891. The van der Waals surface area contributed by atoms with E-state index in [0.29, 0.717) is 42.2 Å². The van der Waals surface area contributed by atoms with Crippen molar-refractivity contribution < 1.29 is 19.4 Å². The zero-order valence-corrected chi connectivity index (χ0v) is 16.9. The fraction of sp³-hybridized carbons (Fsp3) is 0.333. The number of aliphatic hydroxyl groups excluding tert-OH is 1. The first-order chi connectivity index (χ1) is 15.0. The van der Waals surface area contributed by atoms with Gasteiger partial charge >= 0.3 is 6.09 Å². The number of hydrogen-bond acceptors (Lipinski definition) is 8. The molecule has 3 aromatic heterocycles. The van der Waals surface area contributed by atoms with Gasteiger partial charge in [0, 0.05) is 36.8 Å². The van der Waals surface area contributed by atoms with E-state index >= 15 is 0 Å². The van der Waals surface area contributed by atoms with Crippen molar-refractivity contribution in [3.8, 4) is 22.9 Å². The molecule has 0 radical (unpaired) electrons. The summed E-state index contributed by atoms with van der Waals surface area (Å²) in [5, 5.41) is 24.0. The van der Waals surface area contributed by atoms with Gasteiger partial charge in [-0.25, -0.2) is 14.3 Å². The van der Waals surface area contributed by atoms with Gasteiger partial charge in [-0.3, -0.25) is 0 Å². The zero-order valence-electron chi connectivity index (χ0n) is 16.9. The number of ether oxygens (including phenoxy) is 2. The van der Waals surface area contributed by atoms with E-state index in [1.54, 1.807) is 16.9 Å². The van der Waals surface area contributed by atoms with Crippen molar-refractivity contribution in [2.45, 2.75) is 25.6 Å². The largest absolute Gasteiger partial charge is 0.492 e. The first kappa shape index (κ1) is 20.4. The molecule has 31 heavy (non-hydrogen) atoms. The summed E-state index contributed by atoms with van der Waals surface area (Å²) in [5.41, 5.74) is 7.78. The molecule has 3 aromatic rings. The second kappa shape index (κ2) is 8.49. The fourth-order valence-corrected chi connectivity index (χ4v) is 3.78. The van der Waals surface area contributed by atoms with Crippen LogP contribution in [0.5, 0.6) is 5.75 Å². The maximum absolute atomic E-state index is 10.9. The number of hydrogen-bond donors (Lipinski definition) is 2. The number of amides is 1. The van der Waals surface area contributed by atoms with Crippen LogP contribution >= 0.6 is 0 Å². The van der Waals surface area contributed by atoms with E-state index in [1.165, 1.54) is 6.20 Å². The minimum Gasteiger partial charge on any atom is -0.492 e. The number of nitrogens with two attached hydrogens (primary N) is 1. The third kappa shape index (κ3) is 4.08. The molecule has 1 aliphatic rings. The van der Waals surface area contributed by atoms with E-state index in [4.69, 9.17) is 15.2 Å². The monoisotopic (exact) mass is 422 g/mol. The summed E-state index contributed by atoms with van der Waals surface area (Å²) >= 11 is 0. The van der Waals surface area contributed by atoms with Crippen molar-refractivity contribution in [2.75, 3.05) is 24.6 Å². The van der Waals surface area contributed by atoms with Crippen molar-refractivity contribution in [3.63, 3.8) is 0 Å². The molecule has 0 unspecified atom stereocenters. The molecule has 2 atom stereocenters. The van der Waals surface area contributed by atoms with Crippen LogP contribution in [0.3, 0.4) is 0 Å². The summed E-state index contributed by atoms with van der Waals surface area (Å²) < 4.78 is 12.2. The quantitative estimate of drug-likeness (QED) is 0.633. The lowest BCUT2D eigenvalue weighted by Gasteiger charge is -2.35. The molecule has 3 N–H and O–H groups in total. The van der Waals surface area contributed by atoms with Crippen molar-refractivity contribution in [1.29, 1.82) is 5.26 Å². The molecule has 160 valence electrons. The van der Waals surface area contributed by atoms with Crippen LogP contribution in [0.25, 0.3) is 16.6 Å². The topological polar surface area (TPSA) is 139 Å². The Morgan fingerprint density at radius 1 is 1.42 bits per heavy atom. The molecule has 1 saturated heterocycles. The van der Waals surface area contributed by atoms with E-state index in [9.17, 15) is 15.2 Å². The summed E-state index contributed by atoms with van der Waals surface area (Å²) in [6.07, 6.45) is 3.07. The zero-order chi connectivity index (χ0) is 22.0. The van der Waals surface area contributed by atoms with Crippen molar-refractivity contribution in [1.82, 2.24) is 14.6 Å². The third-order valence-electron chi connectivity index (χ3n) is 5.19. The molecule has 0 aromatic carbocycles. The molecule has 10 nitrogen and oxygen atoms in total. The highest BCUT2D eigenvalue weighted by molar-refractivity contribution is 5.85. The molecule has 10 heteroatoms. The van der Waals surface area contributed by atoms with Gasteiger partial charge in [0.15, 0.2) is 0 Å². The Morgan fingerprint density at radius 3 is 2.90 bits per heavy atom. The molecule has 4 heterocycles. The van der Waals surface area contributed by atoms with Crippen LogP contribution in [-0.2, 0) is 4.74 Å². The van der Waals surface area contributed by atoms with E-state index in [0.717, 1.165) is 11.1 Å². The molecular formula is C21H22N6O4. The van der Waals surface area contributed by atoms with Crippen molar-refractivity contribution in [2.24, 2.45) is 5.73 Å². The highest BCUT2D eigenvalue weighted by Gasteiger charge is 2.30. The third-order valence-corrected chi connectivity index (χ3v) is 5.19. The van der Waals surface area contributed by atoms with Crippen LogP contribution < -0.4 is 15.4 Å². The molecule has 4 rings (SSSR count). The van der Waals surface area contributed by atoms with Crippen LogP contribution in [0.1, 0.15) is 18.9 Å². The maximum Gasteiger partial charge on any atom is 0.404 e. The minimum absolute atomic E-state index is 0.273. The number of fused-ring (bicyclic) bond motifs is 1. The first-order valence-electron chi connectivity index (χ1n) is 9.90. The van der Waals surface area contributed by atoms with E-state index in [1.807, 2.05) is 30.0 Å². The van der Waals surface area contributed by atoms with Crippen molar-refractivity contribution >= 4 is 17.4 Å². The van der Waals surface area contributed by atoms with Gasteiger partial charge in [0.05, 0.1) is 30.1 Å². The van der Waals surface area contributed by atoms with Crippen LogP contribution in [0, 0.1) is 11.3 Å². The number of rotatable bonds is 5. The van der Waals surface area contributed by atoms with E-state index in [2.05, 4.69) is 16.2 Å². The standard InChI is InChI=1S/C21H22N6O4/c1-2-30-15-7-16(20-14(8-22)10-25-27(20)11-15)13-3-4-19(24-9-13)26-6-5-18(17(28)12-26)31-21(23)29/h3-4,7,9-11,17-18,28H,2,5-6,12H2,1H3,(H2,23,29)/t17-,18-/m1/s1. The number of aliphatic hydroxyl groups is 1. The predicted molar refractivity (Wildman–Crippen MR) is 112 cm³/mol. The lowest BCUT2D eigenvalue weighted by molar-refractivity contribution is -0.00380. The SMILES string of the molecule is CCOc1cc(-c2ccc(N3CC[C@@H](OC(N)=O)[C@H](O)C3)nc2)c2c(C#N)cnn2c1. The average molecular weight is 422 g/mol. The molecular weight excluding hydrogens is 400 g/mol. The number of pyridine rings is 2.